The molecule has 0 fully saturated rings. The molecule has 0 bridgehead atoms. The molecular weight excluding hydrogens is 481 g/mol. The van der Waals surface area contributed by atoms with Gasteiger partial charge in [0.25, 0.3) is 0 Å². The molecule has 174 valence electrons. The molecule has 0 unspecified atom stereocenters. The molecule has 33 heavy (non-hydrogen) atoms. The summed E-state index contributed by atoms with van der Waals surface area (Å²) >= 11 is 5.97. The zero-order valence-corrected chi connectivity index (χ0v) is 18.8. The van der Waals surface area contributed by atoms with E-state index in [4.69, 9.17) is 21.1 Å². The lowest BCUT2D eigenvalue weighted by atomic mass is 10.0. The minimum atomic E-state index is -4.50. The van der Waals surface area contributed by atoms with Crippen LogP contribution in [0, 0.1) is 0 Å². The van der Waals surface area contributed by atoms with Crippen LogP contribution in [0.15, 0.2) is 59.6 Å². The van der Waals surface area contributed by atoms with Crippen LogP contribution in [0.3, 0.4) is 0 Å². The van der Waals surface area contributed by atoms with Crippen molar-refractivity contribution in [2.45, 2.75) is 17.6 Å². The number of sulfonamides is 1. The lowest BCUT2D eigenvalue weighted by molar-refractivity contribution is -0.137. The number of hydrogen-bond donors (Lipinski definition) is 0. The fourth-order valence-corrected chi connectivity index (χ4v) is 5.18. The molecule has 0 spiro atoms. The number of benzene rings is 2. The maximum absolute atomic E-state index is 13.2. The van der Waals surface area contributed by atoms with Crippen LogP contribution in [0.4, 0.5) is 13.2 Å². The van der Waals surface area contributed by atoms with E-state index in [-0.39, 0.29) is 30.3 Å². The van der Waals surface area contributed by atoms with E-state index < -0.39 is 21.8 Å². The number of nitrogens with zero attached hydrogens (tertiary/aromatic N) is 2. The Labute approximate surface area is 193 Å². The minimum absolute atomic E-state index is 0.0327. The predicted octanol–water partition coefficient (Wildman–Crippen LogP) is 5.01. The topological polar surface area (TPSA) is 68.7 Å². The molecule has 0 saturated heterocycles. The van der Waals surface area contributed by atoms with Crippen molar-refractivity contribution in [1.29, 1.82) is 0 Å². The Morgan fingerprint density at radius 3 is 2.58 bits per heavy atom. The standard InChI is InChI=1S/C22H18ClF3N2O4S/c1-31-20-10-14(19-6-5-16(12-27-19)22(24,25)26)9-15-13-28(7-8-32-21(15)20)33(29,30)18-4-2-3-17(23)11-18/h2-6,9-12H,7-8,13H2,1H3. The third-order valence-corrected chi connectivity index (χ3v) is 7.18. The van der Waals surface area contributed by atoms with Gasteiger partial charge < -0.3 is 9.47 Å². The van der Waals surface area contributed by atoms with Gasteiger partial charge in [0.2, 0.25) is 10.0 Å². The fraction of sp³-hybridized carbons (Fsp3) is 0.227. The van der Waals surface area contributed by atoms with Gasteiger partial charge in [-0.25, -0.2) is 8.42 Å². The minimum Gasteiger partial charge on any atom is -0.493 e. The van der Waals surface area contributed by atoms with Crippen LogP contribution in [-0.4, -0.2) is 38.0 Å². The molecule has 4 rings (SSSR count). The smallest absolute Gasteiger partial charge is 0.417 e. The van der Waals surface area contributed by atoms with Crippen molar-refractivity contribution in [2.24, 2.45) is 0 Å². The van der Waals surface area contributed by atoms with Crippen LogP contribution in [0.1, 0.15) is 11.1 Å². The molecule has 1 aliphatic rings. The SMILES string of the molecule is COc1cc(-c2ccc(C(F)(F)F)cn2)cc2c1OCCN(S(=O)(=O)c1cccc(Cl)c1)C2. The summed E-state index contributed by atoms with van der Waals surface area (Å²) < 4.78 is 77.5. The Balaban J connectivity index is 1.73. The van der Waals surface area contributed by atoms with E-state index in [2.05, 4.69) is 4.98 Å². The van der Waals surface area contributed by atoms with E-state index in [0.717, 1.165) is 12.3 Å². The first kappa shape index (κ1) is 23.3. The molecule has 0 N–H and O–H groups in total. The molecule has 0 aliphatic carbocycles. The summed E-state index contributed by atoms with van der Waals surface area (Å²) in [6, 6.07) is 11.4. The summed E-state index contributed by atoms with van der Waals surface area (Å²) in [5.74, 6) is 0.697. The first-order valence-electron chi connectivity index (χ1n) is 9.72. The molecular formula is C22H18ClF3N2O4S. The molecule has 3 aromatic rings. The van der Waals surface area contributed by atoms with Crippen LogP contribution in [-0.2, 0) is 22.7 Å². The largest absolute Gasteiger partial charge is 0.493 e. The molecule has 6 nitrogen and oxygen atoms in total. The number of aromatic nitrogens is 1. The number of ether oxygens (including phenoxy) is 2. The Hall–Kier alpha value is -2.82. The van der Waals surface area contributed by atoms with Gasteiger partial charge in [-0.3, -0.25) is 4.98 Å². The second-order valence-electron chi connectivity index (χ2n) is 7.24. The number of fused-ring (bicyclic) bond motifs is 1. The van der Waals surface area contributed by atoms with Gasteiger partial charge >= 0.3 is 6.18 Å². The van der Waals surface area contributed by atoms with Crippen molar-refractivity contribution >= 4 is 21.6 Å². The highest BCUT2D eigenvalue weighted by Gasteiger charge is 2.32. The molecule has 0 saturated carbocycles. The summed E-state index contributed by atoms with van der Waals surface area (Å²) in [6.45, 7) is 0.136. The average molecular weight is 499 g/mol. The van der Waals surface area contributed by atoms with Gasteiger partial charge in [0, 0.05) is 35.4 Å². The van der Waals surface area contributed by atoms with Crippen LogP contribution < -0.4 is 9.47 Å². The van der Waals surface area contributed by atoms with Gasteiger partial charge in [-0.15, -0.1) is 0 Å². The molecule has 2 heterocycles. The van der Waals surface area contributed by atoms with E-state index in [0.29, 0.717) is 27.6 Å². The van der Waals surface area contributed by atoms with Crippen molar-refractivity contribution in [3.05, 3.63) is 70.9 Å². The van der Waals surface area contributed by atoms with E-state index in [1.807, 2.05) is 0 Å². The van der Waals surface area contributed by atoms with Crippen molar-refractivity contribution in [3.63, 3.8) is 0 Å². The maximum atomic E-state index is 13.2. The molecule has 1 aromatic heterocycles. The highest BCUT2D eigenvalue weighted by atomic mass is 35.5. The summed E-state index contributed by atoms with van der Waals surface area (Å²) in [7, 11) is -2.46. The first-order chi connectivity index (χ1) is 15.6. The lowest BCUT2D eigenvalue weighted by Gasteiger charge is -2.20. The Morgan fingerprint density at radius 1 is 1.15 bits per heavy atom. The van der Waals surface area contributed by atoms with Gasteiger partial charge in [0.15, 0.2) is 11.5 Å². The quantitative estimate of drug-likeness (QED) is 0.505. The van der Waals surface area contributed by atoms with E-state index >= 15 is 0 Å². The maximum Gasteiger partial charge on any atom is 0.417 e. The number of hydrogen-bond acceptors (Lipinski definition) is 5. The summed E-state index contributed by atoms with van der Waals surface area (Å²) in [4.78, 5) is 3.97. The number of pyridine rings is 1. The van der Waals surface area contributed by atoms with Gasteiger partial charge in [0.1, 0.15) is 6.61 Å². The molecule has 0 atom stereocenters. The third-order valence-electron chi connectivity index (χ3n) is 5.11. The van der Waals surface area contributed by atoms with Crippen molar-refractivity contribution in [2.75, 3.05) is 20.3 Å². The molecule has 0 radical (unpaired) electrons. The molecule has 2 aromatic carbocycles. The summed E-state index contributed by atoms with van der Waals surface area (Å²) in [5, 5.41) is 0.292. The number of halogens is 4. The predicted molar refractivity (Wildman–Crippen MR) is 116 cm³/mol. The Morgan fingerprint density at radius 2 is 1.94 bits per heavy atom. The highest BCUT2D eigenvalue weighted by molar-refractivity contribution is 7.89. The van der Waals surface area contributed by atoms with Crippen molar-refractivity contribution in [1.82, 2.24) is 9.29 Å². The monoisotopic (exact) mass is 498 g/mol. The van der Waals surface area contributed by atoms with Crippen LogP contribution in [0.5, 0.6) is 11.5 Å². The highest BCUT2D eigenvalue weighted by Crippen LogP contribution is 2.39. The van der Waals surface area contributed by atoms with E-state index in [1.54, 1.807) is 24.3 Å². The van der Waals surface area contributed by atoms with Gasteiger partial charge in [-0.2, -0.15) is 17.5 Å². The van der Waals surface area contributed by atoms with Crippen LogP contribution >= 0.6 is 11.6 Å². The molecule has 1 aliphatic heterocycles. The Bertz CT molecular complexity index is 1280. The van der Waals surface area contributed by atoms with E-state index in [9.17, 15) is 21.6 Å². The fourth-order valence-electron chi connectivity index (χ4n) is 3.47. The normalized spacial score (nSPS) is 14.8. The summed E-state index contributed by atoms with van der Waals surface area (Å²) in [6.07, 6.45) is -3.75. The lowest BCUT2D eigenvalue weighted by Crippen LogP contribution is -2.32. The molecule has 11 heteroatoms. The first-order valence-corrected chi connectivity index (χ1v) is 11.5. The van der Waals surface area contributed by atoms with Crippen molar-refractivity contribution < 1.29 is 31.1 Å². The van der Waals surface area contributed by atoms with Gasteiger partial charge in [-0.05, 0) is 42.5 Å². The van der Waals surface area contributed by atoms with Crippen LogP contribution in [0.25, 0.3) is 11.3 Å². The molecule has 0 amide bonds. The second kappa shape index (κ2) is 8.85. The number of alkyl halides is 3. The zero-order chi connectivity index (χ0) is 23.8. The number of methoxy groups -OCH3 is 1. The van der Waals surface area contributed by atoms with Gasteiger partial charge in [0.05, 0.1) is 23.3 Å². The van der Waals surface area contributed by atoms with Crippen molar-refractivity contribution in [3.8, 4) is 22.8 Å². The zero-order valence-electron chi connectivity index (χ0n) is 17.3. The third kappa shape index (κ3) is 4.78. The van der Waals surface area contributed by atoms with E-state index in [1.165, 1.54) is 29.6 Å². The Kier molecular flexibility index (Phi) is 6.26. The summed E-state index contributed by atoms with van der Waals surface area (Å²) in [5.41, 5.74) is 0.367. The van der Waals surface area contributed by atoms with Crippen LogP contribution in [0.2, 0.25) is 5.02 Å². The second-order valence-corrected chi connectivity index (χ2v) is 9.62. The average Bonchev–Trinajstić information content (AvgIpc) is 3.01. The number of rotatable bonds is 4. The van der Waals surface area contributed by atoms with Gasteiger partial charge in [-0.1, -0.05) is 17.7 Å².